The van der Waals surface area contributed by atoms with E-state index in [-0.39, 0.29) is 41.2 Å². The molecule has 1 aromatic carbocycles. The molecule has 0 radical (unpaired) electrons. The number of carbonyl (C=O) groups is 2. The van der Waals surface area contributed by atoms with Crippen LogP contribution in [-0.2, 0) is 20.9 Å². The second-order valence-corrected chi connectivity index (χ2v) is 11.4. The molecule has 1 unspecified atom stereocenters. The normalized spacial score (nSPS) is 16.9. The number of ether oxygens (including phenoxy) is 1. The average molecular weight is 863 g/mol. The van der Waals surface area contributed by atoms with Crippen molar-refractivity contribution in [1.82, 2.24) is 5.32 Å². The van der Waals surface area contributed by atoms with Gasteiger partial charge in [-0.1, -0.05) is 36.4 Å². The molecule has 2 heterocycles. The van der Waals surface area contributed by atoms with E-state index in [1.807, 2.05) is 0 Å². The molecule has 5 nitrogen and oxygen atoms in total. The number of alkyl halides is 17. The number of halogens is 18. The summed E-state index contributed by atoms with van der Waals surface area (Å²) in [5.74, 6) is -59.5. The van der Waals surface area contributed by atoms with Crippen LogP contribution in [0.2, 0.25) is 0 Å². The van der Waals surface area contributed by atoms with E-state index in [4.69, 9.17) is 4.74 Å². The third-order valence-electron chi connectivity index (χ3n) is 7.80. The van der Waals surface area contributed by atoms with Gasteiger partial charge in [0.05, 0.1) is 17.9 Å². The minimum atomic E-state index is -8.70. The van der Waals surface area contributed by atoms with Crippen molar-refractivity contribution in [3.63, 3.8) is 0 Å². The molecule has 0 saturated carbocycles. The molecule has 1 amide bonds. The van der Waals surface area contributed by atoms with Gasteiger partial charge in [0, 0.05) is 30.9 Å². The Hall–Kier alpha value is -3.66. The number of carbonyl (C=O) groups excluding carboxylic acids is 2. The van der Waals surface area contributed by atoms with Gasteiger partial charge in [0.15, 0.2) is 18.9 Å². The second kappa shape index (κ2) is 15.6. The second-order valence-electron chi connectivity index (χ2n) is 11.4. The number of nitrogens with one attached hydrogen (secondary N) is 1. The lowest BCUT2D eigenvalue weighted by molar-refractivity contribution is -0.689. The Morgan fingerprint density at radius 3 is 1.66 bits per heavy atom. The van der Waals surface area contributed by atoms with Crippen LogP contribution in [0.3, 0.4) is 0 Å². The number of hydrogen-bond acceptors (Lipinski definition) is 3. The van der Waals surface area contributed by atoms with E-state index >= 15 is 0 Å². The maximum atomic E-state index is 14.3. The first-order chi connectivity index (χ1) is 23.6. The van der Waals surface area contributed by atoms with Crippen LogP contribution in [0.15, 0.2) is 72.2 Å². The van der Waals surface area contributed by atoms with Crippen LogP contribution in [0.5, 0.6) is 0 Å². The van der Waals surface area contributed by atoms with E-state index in [1.165, 1.54) is 4.57 Å². The highest BCUT2D eigenvalue weighted by Gasteiger charge is 2.95. The van der Waals surface area contributed by atoms with Crippen molar-refractivity contribution in [2.45, 2.75) is 85.8 Å². The van der Waals surface area contributed by atoms with Crippen LogP contribution in [0.1, 0.15) is 37.2 Å². The number of pyridine rings is 1. The fraction of sp³-hybridized carbons (Fsp3) is 0.500. The molecule has 1 aliphatic heterocycles. The van der Waals surface area contributed by atoms with E-state index in [1.54, 1.807) is 60.9 Å². The van der Waals surface area contributed by atoms with Gasteiger partial charge in [-0.2, -0.15) is 79.2 Å². The lowest BCUT2D eigenvalue weighted by atomic mass is 9.84. The molecule has 0 aliphatic carbocycles. The molecular formula is C30H24BrF17N2O3. The SMILES string of the molecule is O=C1CC(c2ccccc2)C(C(=O)OCCCCC(F)(F)C(F)(F)C(F)(F)C(F)(F)C(F)(F)C(F)(F)C(F)(F)C(F)(F)F)=C(C[n+]2ccccc2)N1.[Br-]. The summed E-state index contributed by atoms with van der Waals surface area (Å²) in [4.78, 5) is 25.7. The summed E-state index contributed by atoms with van der Waals surface area (Å²) in [5, 5.41) is 2.50. The standard InChI is InChI=1S/C30H23F17N2O3.BrH/c31-23(32,24(33,34)25(35,36)26(37,38)27(39,40)28(41,42)29(43,44)30(45,46)47)11-5-8-14-52-22(51)21-18(17-9-3-1-4-10-17)15-20(50)48-19(21)16-49-12-6-2-7-13-49;/h1-4,6-7,9-10,12-13,18H,5,8,11,14-16H2;1H. The van der Waals surface area contributed by atoms with Crippen molar-refractivity contribution < 1.29 is 111 Å². The Morgan fingerprint density at radius 1 is 0.679 bits per heavy atom. The van der Waals surface area contributed by atoms with Gasteiger partial charge in [-0.15, -0.1) is 0 Å². The zero-order valence-corrected chi connectivity index (χ0v) is 27.7. The quantitative estimate of drug-likeness (QED) is 0.115. The topological polar surface area (TPSA) is 59.3 Å². The molecule has 1 aliphatic rings. The Kier molecular flexibility index (Phi) is 13.4. The van der Waals surface area contributed by atoms with Gasteiger partial charge >= 0.3 is 53.6 Å². The summed E-state index contributed by atoms with van der Waals surface area (Å²) < 4.78 is 236. The summed E-state index contributed by atoms with van der Waals surface area (Å²) in [5.41, 5.74) is 0.288. The third-order valence-corrected chi connectivity index (χ3v) is 7.80. The van der Waals surface area contributed by atoms with E-state index in [9.17, 15) is 84.2 Å². The summed E-state index contributed by atoms with van der Waals surface area (Å²) in [7, 11) is 0. The third kappa shape index (κ3) is 8.23. The molecule has 1 aromatic heterocycles. The van der Waals surface area contributed by atoms with Crippen LogP contribution in [0.4, 0.5) is 74.6 Å². The summed E-state index contributed by atoms with van der Waals surface area (Å²) in [6.45, 7) is -1.10. The maximum Gasteiger partial charge on any atom is 0.460 e. The number of esters is 1. The van der Waals surface area contributed by atoms with E-state index < -0.39 is 91.3 Å². The van der Waals surface area contributed by atoms with Crippen LogP contribution in [-0.4, -0.2) is 66.1 Å². The molecule has 0 spiro atoms. The number of allylic oxidation sites excluding steroid dienone is 1. The Balaban J connectivity index is 0.00000972. The molecule has 23 heteroatoms. The van der Waals surface area contributed by atoms with E-state index in [0.717, 1.165) is 0 Å². The molecule has 298 valence electrons. The minimum Gasteiger partial charge on any atom is -1.00 e. The number of rotatable bonds is 15. The fourth-order valence-corrected chi connectivity index (χ4v) is 4.91. The highest BCUT2D eigenvalue weighted by molar-refractivity contribution is 5.95. The predicted molar refractivity (Wildman–Crippen MR) is 141 cm³/mol. The average Bonchev–Trinajstić information content (AvgIpc) is 3.04. The zero-order chi connectivity index (χ0) is 39.8. The van der Waals surface area contributed by atoms with Gasteiger partial charge in [0.2, 0.25) is 5.91 Å². The largest absolute Gasteiger partial charge is 1.00 e. The van der Waals surface area contributed by atoms with Crippen molar-refractivity contribution in [3.05, 3.63) is 77.8 Å². The lowest BCUT2D eigenvalue weighted by Gasteiger charge is -2.42. The molecule has 2 aromatic rings. The highest BCUT2D eigenvalue weighted by atomic mass is 79.9. The molecule has 0 bridgehead atoms. The van der Waals surface area contributed by atoms with Gasteiger partial charge < -0.3 is 27.0 Å². The Bertz CT molecular complexity index is 1620. The molecule has 53 heavy (non-hydrogen) atoms. The first-order valence-corrected chi connectivity index (χ1v) is 14.5. The monoisotopic (exact) mass is 862 g/mol. The molecule has 0 fully saturated rings. The van der Waals surface area contributed by atoms with Crippen molar-refractivity contribution >= 4 is 11.9 Å². The molecular weight excluding hydrogens is 839 g/mol. The van der Waals surface area contributed by atoms with Crippen molar-refractivity contribution in [3.8, 4) is 0 Å². The Morgan fingerprint density at radius 2 is 1.15 bits per heavy atom. The maximum absolute atomic E-state index is 14.3. The fourth-order valence-electron chi connectivity index (χ4n) is 4.91. The predicted octanol–water partition coefficient (Wildman–Crippen LogP) is 5.26. The first-order valence-electron chi connectivity index (χ1n) is 14.5. The summed E-state index contributed by atoms with van der Waals surface area (Å²) in [6, 6.07) is 12.7. The van der Waals surface area contributed by atoms with Gasteiger partial charge in [-0.3, -0.25) is 4.79 Å². The number of benzene rings is 1. The van der Waals surface area contributed by atoms with Crippen LogP contribution in [0.25, 0.3) is 0 Å². The van der Waals surface area contributed by atoms with Crippen LogP contribution in [0, 0.1) is 0 Å². The first kappa shape index (κ1) is 45.5. The molecule has 1 atom stereocenters. The van der Waals surface area contributed by atoms with Crippen molar-refractivity contribution in [1.29, 1.82) is 0 Å². The molecule has 0 saturated heterocycles. The van der Waals surface area contributed by atoms with Gasteiger partial charge in [0.25, 0.3) is 0 Å². The van der Waals surface area contributed by atoms with Crippen molar-refractivity contribution in [2.24, 2.45) is 0 Å². The number of nitrogens with zero attached hydrogens (tertiary/aromatic N) is 1. The van der Waals surface area contributed by atoms with Gasteiger partial charge in [0.1, 0.15) is 0 Å². The van der Waals surface area contributed by atoms with E-state index in [2.05, 4.69) is 5.32 Å². The lowest BCUT2D eigenvalue weighted by Crippen LogP contribution is -3.00. The van der Waals surface area contributed by atoms with Crippen LogP contribution < -0.4 is 26.9 Å². The molecule has 1 N–H and O–H groups in total. The number of aromatic nitrogens is 1. The van der Waals surface area contributed by atoms with Gasteiger partial charge in [-0.05, 0) is 18.4 Å². The summed E-state index contributed by atoms with van der Waals surface area (Å²) >= 11 is 0. The number of amides is 1. The summed E-state index contributed by atoms with van der Waals surface area (Å²) in [6.07, 6.45) is -10.1. The van der Waals surface area contributed by atoms with E-state index in [0.29, 0.717) is 5.56 Å². The van der Waals surface area contributed by atoms with Gasteiger partial charge in [-0.25, -0.2) is 4.79 Å². The Labute approximate surface area is 297 Å². The number of hydrogen-bond donors (Lipinski definition) is 1. The zero-order valence-electron chi connectivity index (χ0n) is 26.1. The minimum absolute atomic E-state index is 0. The smallest absolute Gasteiger partial charge is 0.460 e. The molecule has 3 rings (SSSR count). The van der Waals surface area contributed by atoms with Crippen LogP contribution >= 0.6 is 0 Å². The highest BCUT2D eigenvalue weighted by Crippen LogP contribution is 2.64. The number of unbranched alkanes of at least 4 members (excludes halogenated alkanes) is 1. The van der Waals surface area contributed by atoms with Crippen molar-refractivity contribution in [2.75, 3.05) is 6.61 Å².